The minimum Gasteiger partial charge on any atom is -0.494 e. The van der Waals surface area contributed by atoms with Crippen molar-refractivity contribution in [3.05, 3.63) is 89.7 Å². The van der Waals surface area contributed by atoms with Crippen molar-refractivity contribution >= 4 is 21.6 Å². The van der Waals surface area contributed by atoms with Gasteiger partial charge < -0.3 is 10.1 Å². The fraction of sp³-hybridized carbons (Fsp3) is 0.240. The van der Waals surface area contributed by atoms with Gasteiger partial charge in [-0.25, -0.2) is 12.8 Å². The van der Waals surface area contributed by atoms with E-state index in [-0.39, 0.29) is 16.6 Å². The maximum Gasteiger partial charge on any atom is 0.264 e. The van der Waals surface area contributed by atoms with E-state index in [9.17, 15) is 17.6 Å². The Kier molecular flexibility index (Phi) is 7.71. The average Bonchev–Trinajstić information content (AvgIpc) is 2.79. The Balaban J connectivity index is 1.87. The van der Waals surface area contributed by atoms with E-state index in [1.807, 2.05) is 45.0 Å². The van der Waals surface area contributed by atoms with Crippen molar-refractivity contribution in [1.82, 2.24) is 5.32 Å². The molecule has 1 N–H and O–H groups in total. The van der Waals surface area contributed by atoms with Gasteiger partial charge in [-0.3, -0.25) is 9.10 Å². The van der Waals surface area contributed by atoms with Crippen LogP contribution in [0.3, 0.4) is 0 Å². The van der Waals surface area contributed by atoms with Gasteiger partial charge >= 0.3 is 0 Å². The zero-order chi connectivity index (χ0) is 24.0. The molecule has 6 nitrogen and oxygen atoms in total. The zero-order valence-corrected chi connectivity index (χ0v) is 19.6. The second-order valence-corrected chi connectivity index (χ2v) is 9.45. The highest BCUT2D eigenvalue weighted by molar-refractivity contribution is 7.92. The van der Waals surface area contributed by atoms with Gasteiger partial charge in [-0.15, -0.1) is 0 Å². The molecule has 3 aromatic rings. The molecular weight excluding hydrogens is 443 g/mol. The maximum absolute atomic E-state index is 13.5. The summed E-state index contributed by atoms with van der Waals surface area (Å²) in [5.74, 6) is -0.453. The number of halogens is 1. The molecule has 0 fully saturated rings. The standard InChI is InChI=1S/C25H27FN2O4S/c1-4-32-23-13-15-24(16-14-23)33(30,31)28(22-11-9-21(26)10-12-22)17-25(29)27-19(3)20-7-5-18(2)6-8-20/h5-16,19H,4,17H2,1-3H3,(H,27,29)/t19-/m1/s1. The summed E-state index contributed by atoms with van der Waals surface area (Å²) in [6, 6.07) is 18.3. The molecule has 0 aliphatic rings. The molecule has 0 aromatic heterocycles. The van der Waals surface area contributed by atoms with E-state index in [1.165, 1.54) is 24.3 Å². The number of benzene rings is 3. The van der Waals surface area contributed by atoms with Gasteiger partial charge in [0, 0.05) is 0 Å². The molecule has 0 spiro atoms. The molecule has 0 saturated heterocycles. The molecule has 0 unspecified atom stereocenters. The Bertz CT molecular complexity index is 1180. The summed E-state index contributed by atoms with van der Waals surface area (Å²) in [7, 11) is -4.11. The van der Waals surface area contributed by atoms with Crippen molar-refractivity contribution in [2.45, 2.75) is 31.7 Å². The molecular formula is C25H27FN2O4S. The molecule has 0 saturated carbocycles. The minimum absolute atomic E-state index is 0.00494. The van der Waals surface area contributed by atoms with Crippen LogP contribution >= 0.6 is 0 Å². The molecule has 33 heavy (non-hydrogen) atoms. The van der Waals surface area contributed by atoms with Gasteiger partial charge in [0.25, 0.3) is 10.0 Å². The first-order chi connectivity index (χ1) is 15.7. The molecule has 0 aliphatic heterocycles. The van der Waals surface area contributed by atoms with Gasteiger partial charge in [-0.2, -0.15) is 0 Å². The number of nitrogens with zero attached hydrogens (tertiary/aromatic N) is 1. The molecule has 0 aliphatic carbocycles. The summed E-state index contributed by atoms with van der Waals surface area (Å²) in [6.45, 7) is 5.62. The van der Waals surface area contributed by atoms with Gasteiger partial charge in [0.2, 0.25) is 5.91 Å². The Morgan fingerprint density at radius 3 is 2.18 bits per heavy atom. The second kappa shape index (κ2) is 10.5. The molecule has 0 bridgehead atoms. The van der Waals surface area contributed by atoms with Crippen molar-refractivity contribution in [2.75, 3.05) is 17.5 Å². The Morgan fingerprint density at radius 2 is 1.61 bits per heavy atom. The normalized spacial score (nSPS) is 12.1. The van der Waals surface area contributed by atoms with Gasteiger partial charge in [-0.1, -0.05) is 29.8 Å². The number of amides is 1. The van der Waals surface area contributed by atoms with Crippen LogP contribution in [0.4, 0.5) is 10.1 Å². The van der Waals surface area contributed by atoms with Crippen LogP contribution < -0.4 is 14.4 Å². The number of aryl methyl sites for hydroxylation is 1. The summed E-state index contributed by atoms with van der Waals surface area (Å²) in [5.41, 5.74) is 2.18. The van der Waals surface area contributed by atoms with Gasteiger partial charge in [0.1, 0.15) is 18.1 Å². The van der Waals surface area contributed by atoms with E-state index in [4.69, 9.17) is 4.74 Å². The Hall–Kier alpha value is -3.39. The maximum atomic E-state index is 13.5. The summed E-state index contributed by atoms with van der Waals surface area (Å²) in [6.07, 6.45) is 0. The fourth-order valence-corrected chi connectivity index (χ4v) is 4.70. The molecule has 1 atom stereocenters. The van der Waals surface area contributed by atoms with E-state index >= 15 is 0 Å². The van der Waals surface area contributed by atoms with Crippen LogP contribution in [0.1, 0.15) is 31.0 Å². The lowest BCUT2D eigenvalue weighted by molar-refractivity contribution is -0.120. The van der Waals surface area contributed by atoms with E-state index < -0.39 is 28.3 Å². The van der Waals surface area contributed by atoms with Crippen LogP contribution in [-0.4, -0.2) is 27.5 Å². The van der Waals surface area contributed by atoms with Gasteiger partial charge in [0.15, 0.2) is 0 Å². The van der Waals surface area contributed by atoms with Gasteiger partial charge in [0.05, 0.1) is 23.2 Å². The predicted molar refractivity (Wildman–Crippen MR) is 126 cm³/mol. The van der Waals surface area contributed by atoms with Gasteiger partial charge in [-0.05, 0) is 74.9 Å². The number of carbonyl (C=O) groups is 1. The highest BCUT2D eigenvalue weighted by Gasteiger charge is 2.28. The number of nitrogens with one attached hydrogen (secondary N) is 1. The number of sulfonamides is 1. The van der Waals surface area contributed by atoms with E-state index in [2.05, 4.69) is 5.32 Å². The summed E-state index contributed by atoms with van der Waals surface area (Å²) in [4.78, 5) is 12.8. The molecule has 0 heterocycles. The summed E-state index contributed by atoms with van der Waals surface area (Å²) >= 11 is 0. The molecule has 8 heteroatoms. The third-order valence-electron chi connectivity index (χ3n) is 5.08. The fourth-order valence-electron chi connectivity index (χ4n) is 3.28. The first-order valence-corrected chi connectivity index (χ1v) is 12.0. The smallest absolute Gasteiger partial charge is 0.264 e. The van der Waals surface area contributed by atoms with Crippen LogP contribution in [0.25, 0.3) is 0 Å². The highest BCUT2D eigenvalue weighted by Crippen LogP contribution is 2.25. The minimum atomic E-state index is -4.11. The largest absolute Gasteiger partial charge is 0.494 e. The third-order valence-corrected chi connectivity index (χ3v) is 6.87. The molecule has 174 valence electrons. The average molecular weight is 471 g/mol. The summed E-state index contributed by atoms with van der Waals surface area (Å²) < 4.78 is 46.7. The number of rotatable bonds is 9. The molecule has 3 rings (SSSR count). The lowest BCUT2D eigenvalue weighted by Crippen LogP contribution is -2.41. The van der Waals surface area contributed by atoms with E-state index in [1.54, 1.807) is 12.1 Å². The first-order valence-electron chi connectivity index (χ1n) is 10.6. The lowest BCUT2D eigenvalue weighted by atomic mass is 10.1. The predicted octanol–water partition coefficient (Wildman–Crippen LogP) is 4.61. The SMILES string of the molecule is CCOc1ccc(S(=O)(=O)N(CC(=O)N[C@H](C)c2ccc(C)cc2)c2ccc(F)cc2)cc1. The van der Waals surface area contributed by atoms with Crippen LogP contribution in [0.2, 0.25) is 0 Å². The quantitative estimate of drug-likeness (QED) is 0.496. The van der Waals surface area contributed by atoms with Crippen LogP contribution in [0.15, 0.2) is 77.7 Å². The zero-order valence-electron chi connectivity index (χ0n) is 18.8. The lowest BCUT2D eigenvalue weighted by Gasteiger charge is -2.25. The van der Waals surface area contributed by atoms with Crippen molar-refractivity contribution < 1.29 is 22.3 Å². The van der Waals surface area contributed by atoms with E-state index in [0.717, 1.165) is 27.6 Å². The van der Waals surface area contributed by atoms with Crippen LogP contribution in [-0.2, 0) is 14.8 Å². The van der Waals surface area contributed by atoms with Crippen molar-refractivity contribution in [1.29, 1.82) is 0 Å². The van der Waals surface area contributed by atoms with E-state index in [0.29, 0.717) is 12.4 Å². The number of hydrogen-bond acceptors (Lipinski definition) is 4. The Morgan fingerprint density at radius 1 is 1.00 bits per heavy atom. The topological polar surface area (TPSA) is 75.7 Å². The third kappa shape index (κ3) is 6.10. The monoisotopic (exact) mass is 470 g/mol. The first kappa shape index (κ1) is 24.3. The second-order valence-electron chi connectivity index (χ2n) is 7.59. The van der Waals surface area contributed by atoms with Crippen molar-refractivity contribution in [3.8, 4) is 5.75 Å². The molecule has 3 aromatic carbocycles. The highest BCUT2D eigenvalue weighted by atomic mass is 32.2. The number of hydrogen-bond donors (Lipinski definition) is 1. The Labute approximate surface area is 194 Å². The number of carbonyl (C=O) groups excluding carboxylic acids is 1. The van der Waals surface area contributed by atoms with Crippen LogP contribution in [0, 0.1) is 12.7 Å². The molecule has 0 radical (unpaired) electrons. The molecule has 1 amide bonds. The van der Waals surface area contributed by atoms with Crippen molar-refractivity contribution in [2.24, 2.45) is 0 Å². The number of ether oxygens (including phenoxy) is 1. The van der Waals surface area contributed by atoms with Crippen LogP contribution in [0.5, 0.6) is 5.75 Å². The number of anilines is 1. The summed E-state index contributed by atoms with van der Waals surface area (Å²) in [5, 5.41) is 2.84. The van der Waals surface area contributed by atoms with Crippen molar-refractivity contribution in [3.63, 3.8) is 0 Å².